The molecule has 6 aromatic carbocycles. The van der Waals surface area contributed by atoms with Crippen LogP contribution in [0, 0.1) is 58.2 Å². The second-order valence-corrected chi connectivity index (χ2v) is 14.2. The van der Waals surface area contributed by atoms with Gasteiger partial charge in [-0.1, -0.05) is 48.5 Å². The van der Waals surface area contributed by atoms with E-state index in [1.165, 1.54) is 52.7 Å². The van der Waals surface area contributed by atoms with Gasteiger partial charge in [-0.15, -0.1) is 4.13 Å². The lowest BCUT2D eigenvalue weighted by molar-refractivity contribution is 0.381. The van der Waals surface area contributed by atoms with E-state index >= 15 is 17.6 Å². The third-order valence-electron chi connectivity index (χ3n) is 7.97. The van der Waals surface area contributed by atoms with Crippen molar-refractivity contribution in [2.75, 3.05) is 0 Å². The minimum absolute atomic E-state index is 0.161. The second kappa shape index (κ2) is 10.8. The molecule has 0 bridgehead atoms. The topological polar surface area (TPSA) is 80.3 Å². The van der Waals surface area contributed by atoms with Crippen molar-refractivity contribution < 1.29 is 60.7 Å². The van der Waals surface area contributed by atoms with Gasteiger partial charge in [0, 0.05) is 22.3 Å². The molecule has 250 valence electrons. The van der Waals surface area contributed by atoms with Crippen molar-refractivity contribution in [2.24, 2.45) is 0 Å². The summed E-state index contributed by atoms with van der Waals surface area (Å²) in [5.41, 5.74) is -7.54. The van der Waals surface area contributed by atoms with Gasteiger partial charge < -0.3 is 0 Å². The minimum Gasteiger partial charge on any atom is -0.206 e. The Morgan fingerprint density at radius 3 is 1.00 bits per heavy atom. The van der Waals surface area contributed by atoms with Crippen LogP contribution in [0.25, 0.3) is 54.9 Å². The van der Waals surface area contributed by atoms with Gasteiger partial charge in [-0.3, -0.25) is 0 Å². The van der Waals surface area contributed by atoms with Crippen LogP contribution in [-0.4, -0.2) is 16.8 Å². The van der Waals surface area contributed by atoms with Crippen LogP contribution in [-0.2, 0) is 20.0 Å². The van der Waals surface area contributed by atoms with E-state index in [0.29, 0.717) is 0 Å². The predicted octanol–water partition coefficient (Wildman–Crippen LogP) is 8.37. The Balaban J connectivity index is 1.82. The van der Waals surface area contributed by atoms with E-state index in [-0.39, 0.29) is 21.5 Å². The third kappa shape index (κ3) is 4.48. The molecule has 1 aliphatic heterocycles. The summed E-state index contributed by atoms with van der Waals surface area (Å²) in [7, 11) is -11.4. The Morgan fingerprint density at radius 2 is 0.673 bits per heavy atom. The van der Waals surface area contributed by atoms with Crippen LogP contribution >= 0.6 is 0 Å². The highest BCUT2D eigenvalue weighted by atomic mass is 32.3. The molecule has 0 saturated carbocycles. The fraction of sp³-hybridized carbons (Fsp3) is 0. The van der Waals surface area contributed by atoms with Crippen molar-refractivity contribution in [2.45, 2.75) is 9.79 Å². The van der Waals surface area contributed by atoms with Crippen molar-refractivity contribution in [1.82, 2.24) is 4.13 Å². The van der Waals surface area contributed by atoms with E-state index in [4.69, 9.17) is 0 Å². The molecule has 0 amide bonds. The molecule has 1 heterocycles. The summed E-state index contributed by atoms with van der Waals surface area (Å²) in [6, 6.07) is 11.5. The second-order valence-electron chi connectivity index (χ2n) is 10.7. The summed E-state index contributed by atoms with van der Waals surface area (Å²) >= 11 is 0. The van der Waals surface area contributed by atoms with Gasteiger partial charge in [0.2, 0.25) is 11.6 Å². The summed E-state index contributed by atoms with van der Waals surface area (Å²) < 4.78 is 205. The van der Waals surface area contributed by atoms with E-state index in [1.54, 1.807) is 0 Å². The predicted molar refractivity (Wildman–Crippen MR) is 155 cm³/mol. The number of hydrogen-bond acceptors (Lipinski definition) is 4. The molecule has 0 spiro atoms. The maximum atomic E-state index is 15.4. The molecule has 49 heavy (non-hydrogen) atoms. The first-order valence-corrected chi connectivity index (χ1v) is 16.4. The molecule has 1 N–H and O–H groups in total. The van der Waals surface area contributed by atoms with Crippen molar-refractivity contribution in [3.05, 3.63) is 119 Å². The van der Waals surface area contributed by atoms with Crippen molar-refractivity contribution in [3.8, 4) is 33.4 Å². The fourth-order valence-electron chi connectivity index (χ4n) is 5.99. The molecule has 0 atom stereocenters. The molecule has 1 aliphatic rings. The number of fused-ring (bicyclic) bond motifs is 7. The van der Waals surface area contributed by atoms with E-state index in [9.17, 15) is 43.2 Å². The molecule has 6 aromatic rings. The quantitative estimate of drug-likeness (QED) is 0.111. The minimum atomic E-state index is -5.71. The van der Waals surface area contributed by atoms with Gasteiger partial charge in [0.05, 0.1) is 20.9 Å². The van der Waals surface area contributed by atoms with Crippen molar-refractivity contribution in [3.63, 3.8) is 0 Å². The Hall–Kier alpha value is -5.00. The Labute approximate surface area is 268 Å². The Morgan fingerprint density at radius 1 is 0.388 bits per heavy atom. The van der Waals surface area contributed by atoms with Crippen LogP contribution < -0.4 is 4.13 Å². The summed E-state index contributed by atoms with van der Waals surface area (Å²) in [6.45, 7) is 0. The zero-order valence-corrected chi connectivity index (χ0v) is 25.1. The molecule has 0 aromatic heterocycles. The van der Waals surface area contributed by atoms with E-state index < -0.39 is 121 Å². The molecular formula is C32H11F10NO4S2. The van der Waals surface area contributed by atoms with Gasteiger partial charge in [0.1, 0.15) is 0 Å². The highest BCUT2D eigenvalue weighted by Crippen LogP contribution is 2.52. The average Bonchev–Trinajstić information content (AvgIpc) is 3.14. The summed E-state index contributed by atoms with van der Waals surface area (Å²) in [4.78, 5) is -2.70. The van der Waals surface area contributed by atoms with E-state index in [0.717, 1.165) is 12.1 Å². The monoisotopic (exact) mass is 727 g/mol. The third-order valence-corrected chi connectivity index (χ3v) is 11.6. The molecule has 17 heteroatoms. The first-order chi connectivity index (χ1) is 23.0. The van der Waals surface area contributed by atoms with E-state index in [2.05, 4.69) is 0 Å². The number of benzene rings is 6. The molecule has 0 aliphatic carbocycles. The summed E-state index contributed by atoms with van der Waals surface area (Å²) in [5, 5.41) is -0.778. The zero-order chi connectivity index (χ0) is 35.5. The number of halogens is 10. The number of sulfonamides is 2. The normalized spacial score (nSPS) is 14.9. The van der Waals surface area contributed by atoms with Crippen LogP contribution in [0.2, 0.25) is 0 Å². The number of rotatable bonds is 2. The standard InChI is InChI=1S/C32H11F10NO4S2/c33-21-19(22(34)26(38)29(41)25(21)37)15-9-11-5-1-3-7-13(11)17-18-14-8-4-2-6-12(14)10-16(20-23(35)27(39)30(42)28(40)24(20)36)32(18)49(46,47)43-48(44,45)31(15)17/h1-10,43H. The lowest BCUT2D eigenvalue weighted by Crippen LogP contribution is -2.30. The SMILES string of the molecule is O=S1(=O)NS(=O)(=O)c2c(-c3c(F)c(F)c(F)c(F)c3F)cc3ccccc3c2-c2c1c(-c1c(F)c(F)c(F)c(F)c1F)cc1ccccc21. The van der Waals surface area contributed by atoms with Crippen LogP contribution in [0.5, 0.6) is 0 Å². The zero-order valence-electron chi connectivity index (χ0n) is 23.5. The van der Waals surface area contributed by atoms with E-state index in [1.807, 2.05) is 0 Å². The molecule has 0 unspecified atom stereocenters. The molecule has 0 saturated heterocycles. The lowest BCUT2D eigenvalue weighted by atomic mass is 9.87. The van der Waals surface area contributed by atoms with Gasteiger partial charge in [-0.2, -0.15) is 0 Å². The highest BCUT2D eigenvalue weighted by molar-refractivity contribution is 8.05. The maximum Gasteiger partial charge on any atom is 0.255 e. The number of nitrogens with one attached hydrogen (secondary N) is 1. The van der Waals surface area contributed by atoms with Crippen LogP contribution in [0.15, 0.2) is 70.5 Å². The summed E-state index contributed by atoms with van der Waals surface area (Å²) in [5.74, 6) is -25.0. The molecule has 0 fully saturated rings. The fourth-order valence-corrected chi connectivity index (χ4v) is 9.68. The lowest BCUT2D eigenvalue weighted by Gasteiger charge is -2.20. The van der Waals surface area contributed by atoms with Gasteiger partial charge in [0.15, 0.2) is 46.5 Å². The maximum absolute atomic E-state index is 15.4. The van der Waals surface area contributed by atoms with Crippen molar-refractivity contribution in [1.29, 1.82) is 0 Å². The summed E-state index contributed by atoms with van der Waals surface area (Å²) in [6.07, 6.45) is 0. The molecule has 5 nitrogen and oxygen atoms in total. The Kier molecular flexibility index (Phi) is 7.14. The number of hydrogen-bond donors (Lipinski definition) is 1. The van der Waals surface area contributed by atoms with Crippen LogP contribution in [0.4, 0.5) is 43.9 Å². The smallest absolute Gasteiger partial charge is 0.206 e. The van der Waals surface area contributed by atoms with Crippen LogP contribution in [0.1, 0.15) is 0 Å². The van der Waals surface area contributed by atoms with Gasteiger partial charge in [0.25, 0.3) is 20.0 Å². The van der Waals surface area contributed by atoms with Crippen LogP contribution in [0.3, 0.4) is 0 Å². The average molecular weight is 728 g/mol. The van der Waals surface area contributed by atoms with Gasteiger partial charge in [-0.05, 0) is 33.7 Å². The molecule has 7 rings (SSSR count). The molecule has 0 radical (unpaired) electrons. The van der Waals surface area contributed by atoms with Gasteiger partial charge >= 0.3 is 0 Å². The Bertz CT molecular complexity index is 2490. The highest BCUT2D eigenvalue weighted by Gasteiger charge is 2.43. The first kappa shape index (κ1) is 32.5. The van der Waals surface area contributed by atoms with Crippen molar-refractivity contribution >= 4 is 41.6 Å². The largest absolute Gasteiger partial charge is 0.255 e. The molecular weight excluding hydrogens is 716 g/mol. The van der Waals surface area contributed by atoms with Gasteiger partial charge in [-0.25, -0.2) is 60.7 Å². The first-order valence-electron chi connectivity index (χ1n) is 13.4.